The zero-order chi connectivity index (χ0) is 15.0. The van der Waals surface area contributed by atoms with Gasteiger partial charge < -0.3 is 4.90 Å². The third kappa shape index (κ3) is 2.35. The smallest absolute Gasteiger partial charge is 0.0730 e. The van der Waals surface area contributed by atoms with E-state index in [0.717, 1.165) is 17.6 Å². The molecule has 0 spiro atoms. The van der Waals surface area contributed by atoms with Crippen LogP contribution in [-0.4, -0.2) is 17.1 Å². The lowest BCUT2D eigenvalue weighted by atomic mass is 10.00. The summed E-state index contributed by atoms with van der Waals surface area (Å²) in [5.74, 6) is 0. The Balaban J connectivity index is 2.45. The minimum atomic E-state index is 0.0711. The van der Waals surface area contributed by atoms with E-state index in [4.69, 9.17) is 4.98 Å². The molecule has 2 aromatic carbocycles. The Morgan fingerprint density at radius 3 is 1.76 bits per heavy atom. The van der Waals surface area contributed by atoms with Gasteiger partial charge in [-0.1, -0.05) is 36.4 Å². The molecule has 21 heavy (non-hydrogen) atoms. The molecule has 0 fully saturated rings. The number of fused-ring (bicyclic) bond motifs is 2. The van der Waals surface area contributed by atoms with Crippen LogP contribution in [0.4, 0.5) is 5.69 Å². The van der Waals surface area contributed by atoms with Gasteiger partial charge in [-0.15, -0.1) is 0 Å². The van der Waals surface area contributed by atoms with Crippen LogP contribution in [0.3, 0.4) is 0 Å². The van der Waals surface area contributed by atoms with E-state index in [9.17, 15) is 0 Å². The average Bonchev–Trinajstić information content (AvgIpc) is 2.46. The molecule has 0 saturated heterocycles. The first kappa shape index (κ1) is 13.9. The monoisotopic (exact) mass is 278 g/mol. The molecule has 0 radical (unpaired) electrons. The van der Waals surface area contributed by atoms with Gasteiger partial charge in [0.15, 0.2) is 0 Å². The van der Waals surface area contributed by atoms with Crippen LogP contribution in [-0.2, 0) is 0 Å². The zero-order valence-corrected chi connectivity index (χ0v) is 13.2. The largest absolute Gasteiger partial charge is 0.366 e. The summed E-state index contributed by atoms with van der Waals surface area (Å²) in [6.07, 6.45) is 0. The van der Waals surface area contributed by atoms with Crippen molar-refractivity contribution in [3.8, 4) is 0 Å². The quantitative estimate of drug-likeness (QED) is 0.612. The van der Waals surface area contributed by atoms with Crippen molar-refractivity contribution in [3.05, 3.63) is 48.5 Å². The maximum Gasteiger partial charge on any atom is 0.0730 e. The lowest BCUT2D eigenvalue weighted by Gasteiger charge is -2.38. The van der Waals surface area contributed by atoms with Crippen molar-refractivity contribution < 1.29 is 0 Å². The van der Waals surface area contributed by atoms with Crippen LogP contribution in [0, 0.1) is 0 Å². The number of hydrogen-bond acceptors (Lipinski definition) is 2. The van der Waals surface area contributed by atoms with Crippen molar-refractivity contribution >= 4 is 27.5 Å². The standard InChI is InChI=1S/C19H22N2/c1-5-21(19(2,3)4)18-14-10-6-8-12-16(14)20-17-13-9-7-11-15(17)18/h6-13H,5H2,1-4H3. The molecule has 108 valence electrons. The second-order valence-corrected chi connectivity index (χ2v) is 6.41. The van der Waals surface area contributed by atoms with Crippen LogP contribution in [0.25, 0.3) is 21.8 Å². The van der Waals surface area contributed by atoms with Crippen molar-refractivity contribution in [1.82, 2.24) is 4.98 Å². The van der Waals surface area contributed by atoms with Gasteiger partial charge in [-0.05, 0) is 39.8 Å². The number of aromatic nitrogens is 1. The molecule has 3 rings (SSSR count). The molecule has 0 aliphatic rings. The summed E-state index contributed by atoms with van der Waals surface area (Å²) in [7, 11) is 0. The van der Waals surface area contributed by atoms with E-state index in [0.29, 0.717) is 0 Å². The second kappa shape index (κ2) is 5.03. The highest BCUT2D eigenvalue weighted by molar-refractivity contribution is 6.08. The van der Waals surface area contributed by atoms with Crippen LogP contribution in [0.15, 0.2) is 48.5 Å². The average molecular weight is 278 g/mol. The number of hydrogen-bond donors (Lipinski definition) is 0. The van der Waals surface area contributed by atoms with Gasteiger partial charge in [0, 0.05) is 22.9 Å². The predicted octanol–water partition coefficient (Wildman–Crippen LogP) is 5.01. The molecule has 3 aromatic rings. The number of benzene rings is 2. The Hall–Kier alpha value is -2.09. The first-order valence-electron chi connectivity index (χ1n) is 7.57. The summed E-state index contributed by atoms with van der Waals surface area (Å²) in [5, 5.41) is 2.46. The first-order valence-corrected chi connectivity index (χ1v) is 7.57. The Morgan fingerprint density at radius 1 is 0.857 bits per heavy atom. The molecule has 0 saturated carbocycles. The van der Waals surface area contributed by atoms with E-state index < -0.39 is 0 Å². The normalized spacial score (nSPS) is 12.0. The Morgan fingerprint density at radius 2 is 1.33 bits per heavy atom. The highest BCUT2D eigenvalue weighted by Crippen LogP contribution is 2.36. The van der Waals surface area contributed by atoms with Crippen LogP contribution in [0.5, 0.6) is 0 Å². The molecule has 0 unspecified atom stereocenters. The van der Waals surface area contributed by atoms with Crippen LogP contribution in [0.1, 0.15) is 27.7 Å². The predicted molar refractivity (Wildman–Crippen MR) is 92.0 cm³/mol. The van der Waals surface area contributed by atoms with Gasteiger partial charge in [0.2, 0.25) is 0 Å². The van der Waals surface area contributed by atoms with Crippen LogP contribution < -0.4 is 4.90 Å². The lowest BCUT2D eigenvalue weighted by molar-refractivity contribution is 0.516. The molecular weight excluding hydrogens is 256 g/mol. The molecule has 1 aromatic heterocycles. The van der Waals surface area contributed by atoms with E-state index >= 15 is 0 Å². The van der Waals surface area contributed by atoms with Gasteiger partial charge in [0.05, 0.1) is 16.7 Å². The first-order chi connectivity index (χ1) is 10.0. The number of nitrogens with zero attached hydrogens (tertiary/aromatic N) is 2. The van der Waals surface area contributed by atoms with Gasteiger partial charge in [0.25, 0.3) is 0 Å². The van der Waals surface area contributed by atoms with Gasteiger partial charge in [-0.3, -0.25) is 0 Å². The molecule has 0 aliphatic heterocycles. The molecule has 2 heteroatoms. The summed E-state index contributed by atoms with van der Waals surface area (Å²) in [6, 6.07) is 16.9. The fourth-order valence-corrected chi connectivity index (χ4v) is 3.08. The molecule has 0 bridgehead atoms. The fourth-order valence-electron chi connectivity index (χ4n) is 3.08. The summed E-state index contributed by atoms with van der Waals surface area (Å²) < 4.78 is 0. The van der Waals surface area contributed by atoms with Crippen molar-refractivity contribution in [2.45, 2.75) is 33.2 Å². The van der Waals surface area contributed by atoms with Crippen molar-refractivity contribution in [2.24, 2.45) is 0 Å². The lowest BCUT2D eigenvalue weighted by Crippen LogP contribution is -2.41. The molecular formula is C19H22N2. The van der Waals surface area contributed by atoms with Gasteiger partial charge >= 0.3 is 0 Å². The highest BCUT2D eigenvalue weighted by Gasteiger charge is 2.24. The van der Waals surface area contributed by atoms with E-state index in [1.165, 1.54) is 16.5 Å². The third-order valence-corrected chi connectivity index (χ3v) is 3.96. The fraction of sp³-hybridized carbons (Fsp3) is 0.316. The summed E-state index contributed by atoms with van der Waals surface area (Å²) in [5.41, 5.74) is 3.50. The Labute approximate surface area is 126 Å². The third-order valence-electron chi connectivity index (χ3n) is 3.96. The number of rotatable bonds is 2. The summed E-state index contributed by atoms with van der Waals surface area (Å²) in [4.78, 5) is 7.28. The van der Waals surface area contributed by atoms with Gasteiger partial charge in [-0.25, -0.2) is 4.98 Å². The summed E-state index contributed by atoms with van der Waals surface area (Å²) >= 11 is 0. The SMILES string of the molecule is CCN(c1c2ccccc2nc2ccccc12)C(C)(C)C. The molecule has 0 aliphatic carbocycles. The van der Waals surface area contributed by atoms with E-state index in [1.54, 1.807) is 0 Å². The minimum Gasteiger partial charge on any atom is -0.366 e. The van der Waals surface area contributed by atoms with Crippen LogP contribution >= 0.6 is 0 Å². The highest BCUT2D eigenvalue weighted by atomic mass is 15.2. The van der Waals surface area contributed by atoms with E-state index in [1.807, 2.05) is 0 Å². The van der Waals surface area contributed by atoms with Crippen molar-refractivity contribution in [2.75, 3.05) is 11.4 Å². The maximum absolute atomic E-state index is 4.81. The molecule has 0 amide bonds. The van der Waals surface area contributed by atoms with Gasteiger partial charge in [0.1, 0.15) is 0 Å². The Kier molecular flexibility index (Phi) is 3.32. The zero-order valence-electron chi connectivity index (χ0n) is 13.2. The maximum atomic E-state index is 4.81. The van der Waals surface area contributed by atoms with Crippen molar-refractivity contribution in [3.63, 3.8) is 0 Å². The summed E-state index contributed by atoms with van der Waals surface area (Å²) in [6.45, 7) is 9.98. The number of pyridine rings is 1. The molecule has 0 N–H and O–H groups in total. The molecule has 2 nitrogen and oxygen atoms in total. The second-order valence-electron chi connectivity index (χ2n) is 6.41. The van der Waals surface area contributed by atoms with Crippen molar-refractivity contribution in [1.29, 1.82) is 0 Å². The van der Waals surface area contributed by atoms with Gasteiger partial charge in [-0.2, -0.15) is 0 Å². The number of anilines is 1. The number of para-hydroxylation sites is 2. The topological polar surface area (TPSA) is 16.1 Å². The van der Waals surface area contributed by atoms with Crippen LogP contribution in [0.2, 0.25) is 0 Å². The molecule has 1 heterocycles. The van der Waals surface area contributed by atoms with E-state index in [2.05, 4.69) is 81.1 Å². The molecule has 0 atom stereocenters. The Bertz CT molecular complexity index is 730. The van der Waals surface area contributed by atoms with E-state index in [-0.39, 0.29) is 5.54 Å². The minimum absolute atomic E-state index is 0.0711.